The highest BCUT2D eigenvalue weighted by atomic mass is 16.5. The quantitative estimate of drug-likeness (QED) is 0.680. The van der Waals surface area contributed by atoms with Crippen LogP contribution in [-0.2, 0) is 10.2 Å². The SMILES string of the molecule is CCC1(c2cnc(N)[nH]2)COC1. The fourth-order valence-electron chi connectivity index (χ4n) is 1.50. The van der Waals surface area contributed by atoms with Gasteiger partial charge in [0.1, 0.15) is 0 Å². The van der Waals surface area contributed by atoms with Crippen LogP contribution in [-0.4, -0.2) is 23.2 Å². The number of nitrogens with one attached hydrogen (secondary N) is 1. The number of nitrogen functional groups attached to an aromatic ring is 1. The van der Waals surface area contributed by atoms with Crippen LogP contribution in [0.3, 0.4) is 0 Å². The number of aromatic amines is 1. The fourth-order valence-corrected chi connectivity index (χ4v) is 1.50. The summed E-state index contributed by atoms with van der Waals surface area (Å²) in [5.41, 5.74) is 6.76. The first-order valence-electron chi connectivity index (χ1n) is 4.15. The average molecular weight is 167 g/mol. The predicted molar refractivity (Wildman–Crippen MR) is 45.8 cm³/mol. The second-order valence-electron chi connectivity index (χ2n) is 3.31. The number of anilines is 1. The zero-order valence-corrected chi connectivity index (χ0v) is 7.13. The standard InChI is InChI=1S/C8H13N3O/c1-2-8(4-12-5-8)6-3-10-7(9)11-6/h3H,2,4-5H2,1H3,(H3,9,10,11). The number of nitrogens with two attached hydrogens (primary N) is 1. The average Bonchev–Trinajstić information content (AvgIpc) is 2.35. The van der Waals surface area contributed by atoms with Gasteiger partial charge in [-0.15, -0.1) is 0 Å². The normalized spacial score (nSPS) is 20.4. The number of nitrogens with zero attached hydrogens (tertiary/aromatic N) is 1. The van der Waals surface area contributed by atoms with Crippen LogP contribution < -0.4 is 5.73 Å². The Morgan fingerprint density at radius 1 is 1.75 bits per heavy atom. The summed E-state index contributed by atoms with van der Waals surface area (Å²) >= 11 is 0. The maximum absolute atomic E-state index is 5.50. The van der Waals surface area contributed by atoms with Crippen molar-refractivity contribution in [2.75, 3.05) is 18.9 Å². The zero-order valence-electron chi connectivity index (χ0n) is 7.13. The van der Waals surface area contributed by atoms with Crippen molar-refractivity contribution in [2.45, 2.75) is 18.8 Å². The van der Waals surface area contributed by atoms with Crippen LogP contribution in [0.2, 0.25) is 0 Å². The van der Waals surface area contributed by atoms with Gasteiger partial charge < -0.3 is 15.5 Å². The Morgan fingerprint density at radius 3 is 2.83 bits per heavy atom. The Morgan fingerprint density at radius 2 is 2.50 bits per heavy atom. The Bertz CT molecular complexity index is 272. The monoisotopic (exact) mass is 167 g/mol. The van der Waals surface area contributed by atoms with Crippen LogP contribution in [0.4, 0.5) is 5.95 Å². The molecule has 0 radical (unpaired) electrons. The van der Waals surface area contributed by atoms with E-state index in [1.54, 1.807) is 6.20 Å². The molecule has 2 heterocycles. The van der Waals surface area contributed by atoms with Crippen LogP contribution >= 0.6 is 0 Å². The Kier molecular flexibility index (Phi) is 1.58. The molecule has 0 bridgehead atoms. The lowest BCUT2D eigenvalue weighted by Crippen LogP contribution is -2.46. The largest absolute Gasteiger partial charge is 0.379 e. The third-order valence-corrected chi connectivity index (χ3v) is 2.60. The first-order valence-corrected chi connectivity index (χ1v) is 4.15. The smallest absolute Gasteiger partial charge is 0.197 e. The highest BCUT2D eigenvalue weighted by Gasteiger charge is 2.39. The van der Waals surface area contributed by atoms with Crippen LogP contribution in [0.5, 0.6) is 0 Å². The number of hydrogen-bond acceptors (Lipinski definition) is 3. The molecule has 66 valence electrons. The molecule has 1 fully saturated rings. The highest BCUT2D eigenvalue weighted by molar-refractivity contribution is 5.26. The summed E-state index contributed by atoms with van der Waals surface area (Å²) in [6.45, 7) is 3.72. The lowest BCUT2D eigenvalue weighted by atomic mass is 9.80. The van der Waals surface area contributed by atoms with Crippen molar-refractivity contribution in [3.63, 3.8) is 0 Å². The van der Waals surface area contributed by atoms with E-state index in [2.05, 4.69) is 16.9 Å². The van der Waals surface area contributed by atoms with Gasteiger partial charge in [0.2, 0.25) is 0 Å². The van der Waals surface area contributed by atoms with E-state index in [-0.39, 0.29) is 5.41 Å². The molecule has 0 amide bonds. The molecule has 2 rings (SSSR count). The van der Waals surface area contributed by atoms with E-state index < -0.39 is 0 Å². The lowest BCUT2D eigenvalue weighted by molar-refractivity contribution is -0.0639. The van der Waals surface area contributed by atoms with Crippen molar-refractivity contribution in [3.05, 3.63) is 11.9 Å². The van der Waals surface area contributed by atoms with E-state index >= 15 is 0 Å². The van der Waals surface area contributed by atoms with Gasteiger partial charge in [-0.05, 0) is 6.42 Å². The molecule has 4 nitrogen and oxygen atoms in total. The number of ether oxygens (including phenoxy) is 1. The summed E-state index contributed by atoms with van der Waals surface area (Å²) in [5.74, 6) is 0.490. The summed E-state index contributed by atoms with van der Waals surface area (Å²) in [6, 6.07) is 0. The Hall–Kier alpha value is -1.03. The van der Waals surface area contributed by atoms with Crippen molar-refractivity contribution >= 4 is 5.95 Å². The maximum atomic E-state index is 5.50. The number of rotatable bonds is 2. The first kappa shape index (κ1) is 7.61. The lowest BCUT2D eigenvalue weighted by Gasteiger charge is -2.39. The van der Waals surface area contributed by atoms with Crippen LogP contribution in [0.15, 0.2) is 6.20 Å². The molecule has 1 saturated heterocycles. The van der Waals surface area contributed by atoms with E-state index in [0.29, 0.717) is 5.95 Å². The van der Waals surface area contributed by atoms with E-state index in [0.717, 1.165) is 25.3 Å². The molecule has 3 N–H and O–H groups in total. The number of imidazole rings is 1. The van der Waals surface area contributed by atoms with Crippen LogP contribution in [0.1, 0.15) is 19.0 Å². The van der Waals surface area contributed by atoms with Crippen molar-refractivity contribution < 1.29 is 4.74 Å². The third-order valence-electron chi connectivity index (χ3n) is 2.60. The number of hydrogen-bond donors (Lipinski definition) is 2. The first-order chi connectivity index (χ1) is 5.77. The summed E-state index contributed by atoms with van der Waals surface area (Å²) in [4.78, 5) is 7.04. The molecule has 0 aliphatic carbocycles. The molecular formula is C8H13N3O. The predicted octanol–water partition coefficient (Wildman–Crippen LogP) is 0.670. The second kappa shape index (κ2) is 2.48. The zero-order chi connectivity index (χ0) is 8.60. The minimum Gasteiger partial charge on any atom is -0.379 e. The van der Waals surface area contributed by atoms with Crippen LogP contribution in [0, 0.1) is 0 Å². The molecule has 1 aliphatic rings. The van der Waals surface area contributed by atoms with Crippen molar-refractivity contribution in [1.29, 1.82) is 0 Å². The van der Waals surface area contributed by atoms with E-state index in [4.69, 9.17) is 10.5 Å². The van der Waals surface area contributed by atoms with Gasteiger partial charge in [-0.3, -0.25) is 0 Å². The Labute approximate surface area is 71.1 Å². The van der Waals surface area contributed by atoms with Gasteiger partial charge in [0, 0.05) is 5.69 Å². The van der Waals surface area contributed by atoms with Gasteiger partial charge in [0.15, 0.2) is 5.95 Å². The minimum absolute atomic E-state index is 0.157. The van der Waals surface area contributed by atoms with Gasteiger partial charge >= 0.3 is 0 Å². The molecule has 0 aromatic carbocycles. The molecule has 0 spiro atoms. The molecule has 1 aromatic rings. The molecule has 0 atom stereocenters. The molecule has 0 unspecified atom stereocenters. The summed E-state index contributed by atoms with van der Waals surface area (Å²) in [7, 11) is 0. The highest BCUT2D eigenvalue weighted by Crippen LogP contribution is 2.34. The maximum Gasteiger partial charge on any atom is 0.197 e. The molecule has 1 aliphatic heterocycles. The number of aromatic nitrogens is 2. The summed E-state index contributed by atoms with van der Waals surface area (Å²) in [5, 5.41) is 0. The topological polar surface area (TPSA) is 63.9 Å². The summed E-state index contributed by atoms with van der Waals surface area (Å²) < 4.78 is 5.20. The Balaban J connectivity index is 2.27. The van der Waals surface area contributed by atoms with Crippen molar-refractivity contribution in [3.8, 4) is 0 Å². The van der Waals surface area contributed by atoms with Gasteiger partial charge in [-0.2, -0.15) is 0 Å². The molecule has 12 heavy (non-hydrogen) atoms. The van der Waals surface area contributed by atoms with Gasteiger partial charge in [0.05, 0.1) is 24.8 Å². The summed E-state index contributed by atoms with van der Waals surface area (Å²) in [6.07, 6.45) is 2.87. The van der Waals surface area contributed by atoms with Gasteiger partial charge in [-0.25, -0.2) is 4.98 Å². The second-order valence-corrected chi connectivity index (χ2v) is 3.31. The molecule has 1 aromatic heterocycles. The number of H-pyrrole nitrogens is 1. The third kappa shape index (κ3) is 0.914. The minimum atomic E-state index is 0.157. The van der Waals surface area contributed by atoms with Crippen molar-refractivity contribution in [2.24, 2.45) is 0 Å². The van der Waals surface area contributed by atoms with E-state index in [9.17, 15) is 0 Å². The van der Waals surface area contributed by atoms with Gasteiger partial charge in [-0.1, -0.05) is 6.92 Å². The molecule has 0 saturated carbocycles. The van der Waals surface area contributed by atoms with Crippen molar-refractivity contribution in [1.82, 2.24) is 9.97 Å². The van der Waals surface area contributed by atoms with Crippen LogP contribution in [0.25, 0.3) is 0 Å². The van der Waals surface area contributed by atoms with Gasteiger partial charge in [0.25, 0.3) is 0 Å². The fraction of sp³-hybridized carbons (Fsp3) is 0.625. The molecule has 4 heteroatoms. The van der Waals surface area contributed by atoms with E-state index in [1.807, 2.05) is 0 Å². The molecular weight excluding hydrogens is 154 g/mol. The van der Waals surface area contributed by atoms with E-state index in [1.165, 1.54) is 0 Å².